The van der Waals surface area contributed by atoms with Crippen LogP contribution in [0.15, 0.2) is 35.3 Å². The molecule has 1 aliphatic heterocycles. The number of ether oxygens (including phenoxy) is 2. The molecular weight excluding hydrogens is 483 g/mol. The average Bonchev–Trinajstić information content (AvgIpc) is 3.23. The highest BCUT2D eigenvalue weighted by atomic mass is 127. The van der Waals surface area contributed by atoms with E-state index < -0.39 is 0 Å². The fourth-order valence-corrected chi connectivity index (χ4v) is 2.89. The summed E-state index contributed by atoms with van der Waals surface area (Å²) in [6.45, 7) is 7.40. The molecule has 0 bridgehead atoms. The molecule has 1 fully saturated rings. The molecule has 1 aromatic rings. The third-order valence-corrected chi connectivity index (χ3v) is 4.44. The van der Waals surface area contributed by atoms with Crippen molar-refractivity contribution in [1.29, 1.82) is 0 Å². The summed E-state index contributed by atoms with van der Waals surface area (Å²) in [6.07, 6.45) is 2.81. The quantitative estimate of drug-likeness (QED) is 0.171. The predicted octanol–water partition coefficient (Wildman–Crippen LogP) is 1.96. The van der Waals surface area contributed by atoms with Crippen LogP contribution in [-0.2, 0) is 20.7 Å². The van der Waals surface area contributed by atoms with Crippen molar-refractivity contribution in [1.82, 2.24) is 16.0 Å². The van der Waals surface area contributed by atoms with Crippen LogP contribution in [0.1, 0.15) is 25.3 Å². The molecule has 0 spiro atoms. The molecule has 164 valence electrons. The lowest BCUT2D eigenvalue weighted by atomic mass is 10.1. The maximum absolute atomic E-state index is 12.0. The lowest BCUT2D eigenvalue weighted by Gasteiger charge is -2.12. The maximum atomic E-state index is 12.0. The van der Waals surface area contributed by atoms with Gasteiger partial charge in [-0.2, -0.15) is 0 Å². The summed E-state index contributed by atoms with van der Waals surface area (Å²) in [5.74, 6) is 1.13. The van der Waals surface area contributed by atoms with Gasteiger partial charge >= 0.3 is 0 Å². The highest BCUT2D eigenvalue weighted by Crippen LogP contribution is 2.12. The number of guanidine groups is 1. The van der Waals surface area contributed by atoms with E-state index in [9.17, 15) is 4.79 Å². The molecule has 0 radical (unpaired) electrons. The Kier molecular flexibility index (Phi) is 14.5. The van der Waals surface area contributed by atoms with Gasteiger partial charge in [0.25, 0.3) is 0 Å². The molecule has 7 nitrogen and oxygen atoms in total. The molecule has 1 aromatic carbocycles. The van der Waals surface area contributed by atoms with Crippen molar-refractivity contribution in [2.45, 2.75) is 26.2 Å². The van der Waals surface area contributed by atoms with E-state index in [1.165, 1.54) is 5.56 Å². The Morgan fingerprint density at radius 2 is 2.03 bits per heavy atom. The van der Waals surface area contributed by atoms with Gasteiger partial charge in [0.2, 0.25) is 5.91 Å². The van der Waals surface area contributed by atoms with Gasteiger partial charge < -0.3 is 25.4 Å². The number of hydrogen-bond acceptors (Lipinski definition) is 4. The number of hydrogen-bond donors (Lipinski definition) is 3. The number of nitrogens with zero attached hydrogens (tertiary/aromatic N) is 1. The predicted molar refractivity (Wildman–Crippen MR) is 127 cm³/mol. The molecule has 29 heavy (non-hydrogen) atoms. The number of halogens is 1. The second-order valence-electron chi connectivity index (χ2n) is 6.87. The van der Waals surface area contributed by atoms with Gasteiger partial charge in [-0.25, -0.2) is 4.99 Å². The average molecular weight is 518 g/mol. The number of amides is 1. The third-order valence-electron chi connectivity index (χ3n) is 4.44. The molecule has 1 atom stereocenters. The van der Waals surface area contributed by atoms with Gasteiger partial charge in [0.15, 0.2) is 5.96 Å². The standard InChI is InChI=1S/C21H34N4O3.HI/c1-2-22-21(24-11-6-13-27-16-19-10-14-28-17-19)25-15-20(26)23-12-9-18-7-4-3-5-8-18;/h3-5,7-8,19H,2,6,9-17H2,1H3,(H,23,26)(H2,22,24,25);1H. The highest BCUT2D eigenvalue weighted by molar-refractivity contribution is 14.0. The zero-order valence-corrected chi connectivity index (χ0v) is 19.7. The highest BCUT2D eigenvalue weighted by Gasteiger charge is 2.15. The Morgan fingerprint density at radius 1 is 1.21 bits per heavy atom. The van der Waals surface area contributed by atoms with Crippen LogP contribution in [0.3, 0.4) is 0 Å². The van der Waals surface area contributed by atoms with Gasteiger partial charge in [0, 0.05) is 38.8 Å². The van der Waals surface area contributed by atoms with Gasteiger partial charge in [0.05, 0.1) is 13.2 Å². The molecule has 2 rings (SSSR count). The fraction of sp³-hybridized carbons (Fsp3) is 0.619. The Hall–Kier alpha value is -1.39. The normalized spacial score (nSPS) is 16.2. The first-order valence-electron chi connectivity index (χ1n) is 10.3. The van der Waals surface area contributed by atoms with Crippen molar-refractivity contribution in [3.05, 3.63) is 35.9 Å². The van der Waals surface area contributed by atoms with Gasteiger partial charge in [-0.05, 0) is 31.7 Å². The maximum Gasteiger partial charge on any atom is 0.241 e. The van der Waals surface area contributed by atoms with E-state index in [0.717, 1.165) is 52.2 Å². The lowest BCUT2D eigenvalue weighted by molar-refractivity contribution is -0.119. The number of carbonyl (C=O) groups is 1. The number of carbonyl (C=O) groups excluding carboxylic acids is 1. The number of benzene rings is 1. The van der Waals surface area contributed by atoms with Crippen LogP contribution in [-0.4, -0.2) is 64.5 Å². The van der Waals surface area contributed by atoms with Crippen molar-refractivity contribution in [2.24, 2.45) is 10.9 Å². The monoisotopic (exact) mass is 518 g/mol. The second-order valence-corrected chi connectivity index (χ2v) is 6.87. The molecule has 0 aliphatic carbocycles. The van der Waals surface area contributed by atoms with Crippen LogP contribution < -0.4 is 16.0 Å². The van der Waals surface area contributed by atoms with E-state index in [1.807, 2.05) is 25.1 Å². The molecule has 8 heteroatoms. The minimum Gasteiger partial charge on any atom is -0.381 e. The molecule has 1 unspecified atom stereocenters. The van der Waals surface area contributed by atoms with E-state index in [-0.39, 0.29) is 36.4 Å². The van der Waals surface area contributed by atoms with E-state index in [0.29, 0.717) is 25.0 Å². The van der Waals surface area contributed by atoms with Crippen LogP contribution in [0.4, 0.5) is 0 Å². The summed E-state index contributed by atoms with van der Waals surface area (Å²) in [4.78, 5) is 16.3. The Bertz CT molecular complexity index is 581. The molecule has 1 aliphatic rings. The van der Waals surface area contributed by atoms with Gasteiger partial charge in [-0.1, -0.05) is 30.3 Å². The first-order valence-corrected chi connectivity index (χ1v) is 10.3. The summed E-state index contributed by atoms with van der Waals surface area (Å²) in [5, 5.41) is 9.31. The van der Waals surface area contributed by atoms with Gasteiger partial charge in [-0.3, -0.25) is 4.79 Å². The fourth-order valence-electron chi connectivity index (χ4n) is 2.89. The van der Waals surface area contributed by atoms with Crippen molar-refractivity contribution >= 4 is 35.8 Å². The summed E-state index contributed by atoms with van der Waals surface area (Å²) in [5.41, 5.74) is 1.21. The molecule has 1 saturated heterocycles. The van der Waals surface area contributed by atoms with Crippen LogP contribution >= 0.6 is 24.0 Å². The molecular formula is C21H35IN4O3. The second kappa shape index (κ2) is 16.4. The van der Waals surface area contributed by atoms with Crippen molar-refractivity contribution in [3.8, 4) is 0 Å². The zero-order chi connectivity index (χ0) is 19.9. The van der Waals surface area contributed by atoms with Crippen LogP contribution in [0.5, 0.6) is 0 Å². The van der Waals surface area contributed by atoms with Crippen molar-refractivity contribution in [3.63, 3.8) is 0 Å². The topological polar surface area (TPSA) is 84.0 Å². The molecule has 1 amide bonds. The summed E-state index contributed by atoms with van der Waals surface area (Å²) in [6, 6.07) is 10.1. The Balaban J connectivity index is 0.00000420. The molecule has 1 heterocycles. The van der Waals surface area contributed by atoms with Crippen molar-refractivity contribution < 1.29 is 14.3 Å². The van der Waals surface area contributed by atoms with E-state index >= 15 is 0 Å². The lowest BCUT2D eigenvalue weighted by Crippen LogP contribution is -2.39. The Morgan fingerprint density at radius 3 is 2.76 bits per heavy atom. The summed E-state index contributed by atoms with van der Waals surface area (Å²) < 4.78 is 11.0. The van der Waals surface area contributed by atoms with Gasteiger partial charge in [-0.15, -0.1) is 24.0 Å². The van der Waals surface area contributed by atoms with Crippen LogP contribution in [0, 0.1) is 5.92 Å². The first kappa shape index (κ1) is 25.6. The van der Waals surface area contributed by atoms with Gasteiger partial charge in [0.1, 0.15) is 6.54 Å². The van der Waals surface area contributed by atoms with E-state index in [4.69, 9.17) is 9.47 Å². The number of rotatable bonds is 12. The summed E-state index contributed by atoms with van der Waals surface area (Å²) in [7, 11) is 0. The largest absolute Gasteiger partial charge is 0.381 e. The van der Waals surface area contributed by atoms with Crippen LogP contribution in [0.2, 0.25) is 0 Å². The smallest absolute Gasteiger partial charge is 0.241 e. The third kappa shape index (κ3) is 12.0. The van der Waals surface area contributed by atoms with Crippen molar-refractivity contribution in [2.75, 3.05) is 52.6 Å². The molecule has 3 N–H and O–H groups in total. The molecule has 0 aromatic heterocycles. The number of aliphatic imine (C=N–C) groups is 1. The molecule has 0 saturated carbocycles. The zero-order valence-electron chi connectivity index (χ0n) is 17.3. The van der Waals surface area contributed by atoms with E-state index in [2.05, 4.69) is 33.1 Å². The number of nitrogens with one attached hydrogen (secondary N) is 3. The first-order chi connectivity index (χ1) is 13.8. The minimum absolute atomic E-state index is 0. The minimum atomic E-state index is -0.0738. The SMILES string of the molecule is CCNC(=NCC(=O)NCCc1ccccc1)NCCCOCC1CCOC1.I. The van der Waals surface area contributed by atoms with Crippen LogP contribution in [0.25, 0.3) is 0 Å². The summed E-state index contributed by atoms with van der Waals surface area (Å²) >= 11 is 0. The Labute approximate surface area is 191 Å². The van der Waals surface area contributed by atoms with E-state index in [1.54, 1.807) is 0 Å².